The largest absolute Gasteiger partial charge is 0.461 e. The maximum absolute atomic E-state index is 12.2. The molecular weight excluding hydrogens is 336 g/mol. The summed E-state index contributed by atoms with van der Waals surface area (Å²) in [5.74, 6) is 1.55. The first-order valence-corrected chi connectivity index (χ1v) is 11.4. The van der Waals surface area contributed by atoms with Gasteiger partial charge in [-0.25, -0.2) is 0 Å². The Bertz CT molecular complexity index is 460. The van der Waals surface area contributed by atoms with E-state index >= 15 is 0 Å². The molecular formula is C20H36O4S. The fraction of sp³-hybridized carbons (Fsp3) is 0.950. The molecule has 2 heterocycles. The van der Waals surface area contributed by atoms with Gasteiger partial charge in [0.25, 0.3) is 0 Å². The molecule has 0 N–H and O–H groups in total. The lowest BCUT2D eigenvalue weighted by Crippen LogP contribution is -2.44. The summed E-state index contributed by atoms with van der Waals surface area (Å²) in [4.78, 5) is 11.0. The Morgan fingerprint density at radius 3 is 1.84 bits per heavy atom. The summed E-state index contributed by atoms with van der Waals surface area (Å²) in [5, 5.41) is 0. The van der Waals surface area contributed by atoms with Gasteiger partial charge in [-0.05, 0) is 37.5 Å². The number of carbonyl (C=O) groups excluding carboxylic acids is 1. The number of hydrogen-bond donors (Lipinski definition) is 0. The van der Waals surface area contributed by atoms with Crippen molar-refractivity contribution in [2.45, 2.75) is 91.3 Å². The van der Waals surface area contributed by atoms with E-state index in [4.69, 9.17) is 9.47 Å². The van der Waals surface area contributed by atoms with Crippen molar-refractivity contribution in [3.8, 4) is 0 Å². The zero-order valence-corrected chi connectivity index (χ0v) is 17.3. The Labute approximate surface area is 155 Å². The molecule has 146 valence electrons. The number of unbranched alkanes of at least 4 members (excludes halogenated alkanes) is 2. The molecule has 0 amide bonds. The molecule has 0 aromatic heterocycles. The van der Waals surface area contributed by atoms with E-state index in [1.54, 1.807) is 0 Å². The maximum Gasteiger partial charge on any atom is 0.309 e. The van der Waals surface area contributed by atoms with Crippen LogP contribution < -0.4 is 0 Å². The Balaban J connectivity index is 1.49. The molecule has 2 fully saturated rings. The molecule has 2 aliphatic heterocycles. The van der Waals surface area contributed by atoms with Crippen LogP contribution >= 0.6 is 0 Å². The van der Waals surface area contributed by atoms with Gasteiger partial charge in [0.1, 0.15) is 6.10 Å². The number of cyclic esters (lactones) is 1. The molecule has 0 aromatic carbocycles. The quantitative estimate of drug-likeness (QED) is 0.380. The summed E-state index contributed by atoms with van der Waals surface area (Å²) in [7, 11) is -0.696. The predicted octanol–water partition coefficient (Wildman–Crippen LogP) is 4.23. The smallest absolute Gasteiger partial charge is 0.309 e. The average molecular weight is 373 g/mol. The first-order valence-electron chi connectivity index (χ1n) is 9.87. The van der Waals surface area contributed by atoms with Crippen molar-refractivity contribution in [2.75, 3.05) is 18.1 Å². The third-order valence-electron chi connectivity index (χ3n) is 5.95. The zero-order valence-electron chi connectivity index (χ0n) is 16.5. The van der Waals surface area contributed by atoms with Gasteiger partial charge in [-0.1, -0.05) is 40.5 Å². The van der Waals surface area contributed by atoms with Crippen molar-refractivity contribution in [3.63, 3.8) is 0 Å². The van der Waals surface area contributed by atoms with E-state index in [0.717, 1.165) is 56.6 Å². The van der Waals surface area contributed by atoms with Gasteiger partial charge in [-0.15, -0.1) is 0 Å². The van der Waals surface area contributed by atoms with E-state index in [0.29, 0.717) is 12.5 Å². The molecule has 3 unspecified atom stereocenters. The molecule has 0 spiro atoms. The molecule has 0 bridgehead atoms. The Morgan fingerprint density at radius 1 is 0.960 bits per heavy atom. The number of esters is 1. The lowest BCUT2D eigenvalue weighted by molar-refractivity contribution is -0.182. The molecule has 2 saturated heterocycles. The minimum Gasteiger partial charge on any atom is -0.461 e. The van der Waals surface area contributed by atoms with Crippen molar-refractivity contribution >= 4 is 16.8 Å². The lowest BCUT2D eigenvalue weighted by Gasteiger charge is -2.40. The van der Waals surface area contributed by atoms with Gasteiger partial charge in [0, 0.05) is 34.3 Å². The van der Waals surface area contributed by atoms with Crippen molar-refractivity contribution in [1.29, 1.82) is 0 Å². The highest BCUT2D eigenvalue weighted by atomic mass is 32.2. The third-order valence-corrected chi connectivity index (χ3v) is 7.44. The van der Waals surface area contributed by atoms with Crippen LogP contribution in [-0.4, -0.2) is 40.5 Å². The zero-order chi connectivity index (χ0) is 18.5. The first-order chi connectivity index (χ1) is 11.7. The van der Waals surface area contributed by atoms with Crippen LogP contribution in [0.1, 0.15) is 79.1 Å². The van der Waals surface area contributed by atoms with E-state index in [-0.39, 0.29) is 22.9 Å². The summed E-state index contributed by atoms with van der Waals surface area (Å²) in [6.45, 7) is 9.81. The molecule has 25 heavy (non-hydrogen) atoms. The van der Waals surface area contributed by atoms with Gasteiger partial charge in [0.15, 0.2) is 0 Å². The standard InChI is InChI=1S/C20H36O4S/c1-19(2,16-9-12-23-16)10-5-7-13-25(22)14-8-6-11-20(3,4)17-15-18(21)24-17/h16-17H,5-15H2,1-4H3. The van der Waals surface area contributed by atoms with E-state index in [1.807, 2.05) is 0 Å². The first kappa shape index (κ1) is 20.9. The van der Waals surface area contributed by atoms with Gasteiger partial charge in [-0.3, -0.25) is 9.00 Å². The summed E-state index contributed by atoms with van der Waals surface area (Å²) in [6, 6.07) is 0. The van der Waals surface area contributed by atoms with Crippen molar-refractivity contribution < 1.29 is 18.5 Å². The molecule has 0 aliphatic carbocycles. The second kappa shape index (κ2) is 8.98. The highest BCUT2D eigenvalue weighted by Crippen LogP contribution is 2.37. The Kier molecular flexibility index (Phi) is 7.51. The molecule has 2 aliphatic rings. The summed E-state index contributed by atoms with van der Waals surface area (Å²) in [6.07, 6.45) is 8.67. The molecule has 0 saturated carbocycles. The van der Waals surface area contributed by atoms with Gasteiger partial charge in [0.05, 0.1) is 12.5 Å². The van der Waals surface area contributed by atoms with Crippen molar-refractivity contribution in [1.82, 2.24) is 0 Å². The maximum atomic E-state index is 12.2. The van der Waals surface area contributed by atoms with Crippen molar-refractivity contribution in [3.05, 3.63) is 0 Å². The molecule has 0 radical (unpaired) electrons. The van der Waals surface area contributed by atoms with Crippen LogP contribution in [0, 0.1) is 10.8 Å². The third kappa shape index (κ3) is 6.35. The Morgan fingerprint density at radius 2 is 1.44 bits per heavy atom. The van der Waals surface area contributed by atoms with E-state index in [1.165, 1.54) is 6.42 Å². The molecule has 0 aromatic rings. The number of hydrogen-bond acceptors (Lipinski definition) is 4. The second-order valence-corrected chi connectivity index (χ2v) is 10.8. The second-order valence-electron chi connectivity index (χ2n) is 9.07. The van der Waals surface area contributed by atoms with Crippen LogP contribution in [0.2, 0.25) is 0 Å². The van der Waals surface area contributed by atoms with E-state index in [2.05, 4.69) is 27.7 Å². The average Bonchev–Trinajstić information content (AvgIpc) is 2.42. The summed E-state index contributed by atoms with van der Waals surface area (Å²) < 4.78 is 23.0. The molecule has 3 atom stereocenters. The molecule has 2 rings (SSSR count). The van der Waals surface area contributed by atoms with Gasteiger partial charge < -0.3 is 9.47 Å². The number of rotatable bonds is 12. The van der Waals surface area contributed by atoms with Crippen LogP contribution in [0.4, 0.5) is 0 Å². The number of ether oxygens (including phenoxy) is 2. The van der Waals surface area contributed by atoms with Crippen LogP contribution in [0.15, 0.2) is 0 Å². The van der Waals surface area contributed by atoms with E-state index < -0.39 is 10.8 Å². The minimum absolute atomic E-state index is 0.0462. The van der Waals surface area contributed by atoms with Crippen LogP contribution in [0.25, 0.3) is 0 Å². The van der Waals surface area contributed by atoms with Crippen LogP contribution in [-0.2, 0) is 25.1 Å². The molecule has 4 nitrogen and oxygen atoms in total. The Hall–Kier alpha value is -0.420. The topological polar surface area (TPSA) is 52.6 Å². The monoisotopic (exact) mass is 372 g/mol. The van der Waals surface area contributed by atoms with Crippen molar-refractivity contribution in [2.24, 2.45) is 10.8 Å². The fourth-order valence-corrected chi connectivity index (χ4v) is 4.96. The highest BCUT2D eigenvalue weighted by Gasteiger charge is 2.40. The highest BCUT2D eigenvalue weighted by molar-refractivity contribution is 7.84. The van der Waals surface area contributed by atoms with E-state index in [9.17, 15) is 9.00 Å². The predicted molar refractivity (Wildman–Crippen MR) is 102 cm³/mol. The fourth-order valence-electron chi connectivity index (χ4n) is 3.70. The van der Waals surface area contributed by atoms with Crippen LogP contribution in [0.3, 0.4) is 0 Å². The van der Waals surface area contributed by atoms with Gasteiger partial charge >= 0.3 is 5.97 Å². The minimum atomic E-state index is -0.696. The normalized spacial score (nSPS) is 25.0. The number of carbonyl (C=O) groups is 1. The summed E-state index contributed by atoms with van der Waals surface area (Å²) in [5.41, 5.74) is 0.306. The molecule has 5 heteroatoms. The van der Waals surface area contributed by atoms with Crippen LogP contribution in [0.5, 0.6) is 0 Å². The van der Waals surface area contributed by atoms with Gasteiger partial charge in [-0.2, -0.15) is 0 Å². The summed E-state index contributed by atoms with van der Waals surface area (Å²) >= 11 is 0. The SMILES string of the molecule is CC(C)(CCCCS(=O)CCCCC(C)(C)C1CC(=O)O1)C1CCO1. The van der Waals surface area contributed by atoms with Gasteiger partial charge in [0.2, 0.25) is 0 Å². The lowest BCUT2D eigenvalue weighted by atomic mass is 9.78.